The summed E-state index contributed by atoms with van der Waals surface area (Å²) in [5.74, 6) is 4.53. The van der Waals surface area contributed by atoms with E-state index < -0.39 is 11.9 Å². The molecule has 0 aliphatic heterocycles. The van der Waals surface area contributed by atoms with E-state index in [4.69, 9.17) is 5.73 Å². The van der Waals surface area contributed by atoms with Crippen molar-refractivity contribution in [3.8, 4) is 11.8 Å². The predicted octanol–water partition coefficient (Wildman–Crippen LogP) is 1.17. The summed E-state index contributed by atoms with van der Waals surface area (Å²) in [6.07, 6.45) is 2.86. The molecule has 0 aromatic heterocycles. The number of carbonyl (C=O) groups excluding carboxylic acids is 1. The highest BCUT2D eigenvalue weighted by molar-refractivity contribution is 5.97. The van der Waals surface area contributed by atoms with Crippen LogP contribution in [0.3, 0.4) is 0 Å². The second-order valence-corrected chi connectivity index (χ2v) is 5.13. The fraction of sp³-hybridized carbons (Fsp3) is 0.438. The molecule has 2 atom stereocenters. The minimum atomic E-state index is -0.526. The molecule has 4 nitrogen and oxygen atoms in total. The highest BCUT2D eigenvalue weighted by atomic mass is 19.1. The van der Waals surface area contributed by atoms with Crippen molar-refractivity contribution in [2.75, 3.05) is 6.54 Å². The van der Waals surface area contributed by atoms with E-state index in [0.29, 0.717) is 17.5 Å². The topological polar surface area (TPSA) is 75.4 Å². The number of halogens is 1. The molecule has 5 heteroatoms. The fourth-order valence-electron chi connectivity index (χ4n) is 2.49. The molecule has 1 amide bonds. The lowest BCUT2D eigenvalue weighted by Gasteiger charge is -2.28. The van der Waals surface area contributed by atoms with Crippen LogP contribution >= 0.6 is 0 Å². The van der Waals surface area contributed by atoms with Gasteiger partial charge in [0.1, 0.15) is 5.82 Å². The zero-order chi connectivity index (χ0) is 15.2. The van der Waals surface area contributed by atoms with E-state index >= 15 is 0 Å². The maximum Gasteiger partial charge on any atom is 0.252 e. The van der Waals surface area contributed by atoms with Gasteiger partial charge in [0.15, 0.2) is 0 Å². The molecule has 1 aliphatic rings. The molecule has 1 aliphatic carbocycles. The number of amides is 1. The van der Waals surface area contributed by atoms with Crippen LogP contribution in [0.2, 0.25) is 0 Å². The Morgan fingerprint density at radius 3 is 2.90 bits per heavy atom. The molecule has 1 aromatic rings. The fourth-order valence-corrected chi connectivity index (χ4v) is 2.49. The average Bonchev–Trinajstić information content (AvgIpc) is 2.47. The number of carbonyl (C=O) groups is 1. The Hall–Kier alpha value is -1.90. The number of hydrogen-bond donors (Lipinski definition) is 3. The first-order chi connectivity index (χ1) is 10.1. The standard InChI is InChI=1S/C16H19FN2O2/c17-12-7-8-13(11(10-12)4-3-9-18)16(21)19-14-5-1-2-6-15(14)20/h7-8,10,14-15,20H,1-2,5-6,9,18H2,(H,19,21). The van der Waals surface area contributed by atoms with Crippen LogP contribution in [-0.4, -0.2) is 29.7 Å². The Kier molecular flexibility index (Phi) is 5.32. The van der Waals surface area contributed by atoms with E-state index in [1.54, 1.807) is 0 Å². The maximum absolute atomic E-state index is 13.3. The number of benzene rings is 1. The van der Waals surface area contributed by atoms with E-state index in [2.05, 4.69) is 17.2 Å². The van der Waals surface area contributed by atoms with Crippen molar-refractivity contribution in [3.05, 3.63) is 35.1 Å². The van der Waals surface area contributed by atoms with Gasteiger partial charge >= 0.3 is 0 Å². The Morgan fingerprint density at radius 2 is 2.19 bits per heavy atom. The van der Waals surface area contributed by atoms with Gasteiger partial charge in [0.2, 0.25) is 0 Å². The Morgan fingerprint density at radius 1 is 1.43 bits per heavy atom. The van der Waals surface area contributed by atoms with Crippen LogP contribution in [-0.2, 0) is 0 Å². The van der Waals surface area contributed by atoms with Gasteiger partial charge in [-0.25, -0.2) is 4.39 Å². The summed E-state index contributed by atoms with van der Waals surface area (Å²) >= 11 is 0. The van der Waals surface area contributed by atoms with Crippen molar-refractivity contribution in [2.45, 2.75) is 37.8 Å². The first-order valence-electron chi connectivity index (χ1n) is 7.09. The normalized spacial score (nSPS) is 21.3. The van der Waals surface area contributed by atoms with E-state index in [9.17, 15) is 14.3 Å². The van der Waals surface area contributed by atoms with Gasteiger partial charge in [-0.3, -0.25) is 4.79 Å². The molecule has 0 heterocycles. The van der Waals surface area contributed by atoms with E-state index in [1.807, 2.05) is 0 Å². The summed E-state index contributed by atoms with van der Waals surface area (Å²) in [6.45, 7) is 0.138. The molecule has 1 fully saturated rings. The lowest BCUT2D eigenvalue weighted by atomic mass is 9.92. The summed E-state index contributed by atoms with van der Waals surface area (Å²) in [5, 5.41) is 12.7. The third-order valence-electron chi connectivity index (χ3n) is 3.60. The second kappa shape index (κ2) is 7.21. The Labute approximate surface area is 123 Å². The van der Waals surface area contributed by atoms with Crippen molar-refractivity contribution in [1.82, 2.24) is 5.32 Å². The maximum atomic E-state index is 13.3. The number of rotatable bonds is 2. The number of hydrogen-bond acceptors (Lipinski definition) is 3. The molecule has 112 valence electrons. The van der Waals surface area contributed by atoms with Crippen molar-refractivity contribution in [1.29, 1.82) is 0 Å². The van der Waals surface area contributed by atoms with Crippen molar-refractivity contribution in [3.63, 3.8) is 0 Å². The second-order valence-electron chi connectivity index (χ2n) is 5.13. The lowest BCUT2D eigenvalue weighted by molar-refractivity contribution is 0.0717. The molecule has 0 bridgehead atoms. The summed E-state index contributed by atoms with van der Waals surface area (Å²) in [5.41, 5.74) is 5.92. The highest BCUT2D eigenvalue weighted by Gasteiger charge is 2.25. The molecule has 1 aromatic carbocycles. The minimum absolute atomic E-state index is 0.138. The quantitative estimate of drug-likeness (QED) is 0.716. The number of nitrogens with one attached hydrogen (secondary N) is 1. The predicted molar refractivity (Wildman–Crippen MR) is 78.1 cm³/mol. The van der Waals surface area contributed by atoms with Crippen LogP contribution in [0, 0.1) is 17.7 Å². The van der Waals surface area contributed by atoms with E-state index in [0.717, 1.165) is 19.3 Å². The smallest absolute Gasteiger partial charge is 0.252 e. The Bertz CT molecular complexity index is 577. The zero-order valence-electron chi connectivity index (χ0n) is 11.7. The third kappa shape index (κ3) is 4.03. The number of aliphatic hydroxyl groups excluding tert-OH is 1. The molecule has 0 spiro atoms. The van der Waals surface area contributed by atoms with Gasteiger partial charge in [0.25, 0.3) is 5.91 Å². The van der Waals surface area contributed by atoms with Crippen molar-refractivity contribution < 1.29 is 14.3 Å². The Balaban J connectivity index is 2.18. The van der Waals surface area contributed by atoms with Gasteiger partial charge < -0.3 is 16.2 Å². The van der Waals surface area contributed by atoms with Gasteiger partial charge in [-0.1, -0.05) is 24.7 Å². The number of aliphatic hydroxyl groups is 1. The largest absolute Gasteiger partial charge is 0.391 e. The third-order valence-corrected chi connectivity index (χ3v) is 3.60. The van der Waals surface area contributed by atoms with Crippen LogP contribution in [0.25, 0.3) is 0 Å². The van der Waals surface area contributed by atoms with Gasteiger partial charge in [-0.2, -0.15) is 0 Å². The molecule has 0 saturated heterocycles. The highest BCUT2D eigenvalue weighted by Crippen LogP contribution is 2.19. The van der Waals surface area contributed by atoms with Gasteiger partial charge in [0, 0.05) is 5.56 Å². The van der Waals surface area contributed by atoms with Crippen molar-refractivity contribution >= 4 is 5.91 Å². The first-order valence-corrected chi connectivity index (χ1v) is 7.09. The van der Waals surface area contributed by atoms with E-state index in [-0.39, 0.29) is 18.5 Å². The monoisotopic (exact) mass is 290 g/mol. The van der Waals surface area contributed by atoms with Gasteiger partial charge in [-0.05, 0) is 31.0 Å². The molecular formula is C16H19FN2O2. The SMILES string of the molecule is NCC#Cc1cc(F)ccc1C(=O)NC1CCCCC1O. The van der Waals surface area contributed by atoms with Crippen LogP contribution in [0.5, 0.6) is 0 Å². The molecule has 2 unspecified atom stereocenters. The average molecular weight is 290 g/mol. The molecule has 21 heavy (non-hydrogen) atoms. The minimum Gasteiger partial charge on any atom is -0.391 e. The number of nitrogens with two attached hydrogens (primary N) is 1. The zero-order valence-corrected chi connectivity index (χ0v) is 11.7. The van der Waals surface area contributed by atoms with Gasteiger partial charge in [-0.15, -0.1) is 0 Å². The lowest BCUT2D eigenvalue weighted by Crippen LogP contribution is -2.45. The van der Waals surface area contributed by atoms with E-state index in [1.165, 1.54) is 18.2 Å². The summed E-state index contributed by atoms with van der Waals surface area (Å²) in [7, 11) is 0. The molecule has 2 rings (SSSR count). The first kappa shape index (κ1) is 15.5. The van der Waals surface area contributed by atoms with Crippen LogP contribution in [0.15, 0.2) is 18.2 Å². The summed E-state index contributed by atoms with van der Waals surface area (Å²) in [4.78, 5) is 12.3. The van der Waals surface area contributed by atoms with Crippen LogP contribution in [0.1, 0.15) is 41.6 Å². The van der Waals surface area contributed by atoms with Crippen LogP contribution < -0.4 is 11.1 Å². The summed E-state index contributed by atoms with van der Waals surface area (Å²) in [6, 6.07) is 3.58. The molecule has 0 radical (unpaired) electrons. The van der Waals surface area contributed by atoms with Crippen LogP contribution in [0.4, 0.5) is 4.39 Å². The molecule has 4 N–H and O–H groups in total. The summed E-state index contributed by atoms with van der Waals surface area (Å²) < 4.78 is 13.3. The molecule has 1 saturated carbocycles. The van der Waals surface area contributed by atoms with Gasteiger partial charge in [0.05, 0.1) is 24.3 Å². The molecular weight excluding hydrogens is 271 g/mol. The van der Waals surface area contributed by atoms with Crippen molar-refractivity contribution in [2.24, 2.45) is 5.73 Å².